The minimum atomic E-state index is -0.533. The fourth-order valence-electron chi connectivity index (χ4n) is 1.58. The molecule has 0 saturated heterocycles. The first-order chi connectivity index (χ1) is 9.35. The molecule has 0 saturated carbocycles. The fraction of sp³-hybridized carbons (Fsp3) is 0.294. The molecule has 2 radical (unpaired) electrons. The molecule has 3 heteroatoms. The van der Waals surface area contributed by atoms with Crippen molar-refractivity contribution in [2.75, 3.05) is 0 Å². The van der Waals surface area contributed by atoms with E-state index in [2.05, 4.69) is 12.6 Å². The van der Waals surface area contributed by atoms with Gasteiger partial charge in [0.25, 0.3) is 0 Å². The largest absolute Gasteiger partial charge is 0.460 e. The maximum atomic E-state index is 11.6. The van der Waals surface area contributed by atoms with E-state index in [9.17, 15) is 10.1 Å². The molecule has 1 aromatic carbocycles. The van der Waals surface area contributed by atoms with Gasteiger partial charge in [0, 0.05) is 0 Å². The summed E-state index contributed by atoms with van der Waals surface area (Å²) in [7, 11) is 0. The van der Waals surface area contributed by atoms with E-state index in [-0.39, 0.29) is 0 Å². The second-order valence-electron chi connectivity index (χ2n) is 5.37. The Morgan fingerprint density at radius 2 is 1.95 bits per heavy atom. The molecule has 3 nitrogen and oxygen atoms in total. The van der Waals surface area contributed by atoms with Crippen molar-refractivity contribution in [3.63, 3.8) is 0 Å². The molecular weight excluding hydrogens is 250 g/mol. The van der Waals surface area contributed by atoms with Gasteiger partial charge in [0.05, 0.1) is 18.4 Å². The van der Waals surface area contributed by atoms with Crippen molar-refractivity contribution in [1.82, 2.24) is 0 Å². The van der Waals surface area contributed by atoms with E-state index >= 15 is 0 Å². The first-order valence-electron chi connectivity index (χ1n) is 6.39. The minimum Gasteiger partial charge on any atom is -0.460 e. The lowest BCUT2D eigenvalue weighted by atomic mass is 9.95. The molecule has 0 heterocycles. The van der Waals surface area contributed by atoms with Crippen LogP contribution in [-0.4, -0.2) is 11.6 Å². The highest BCUT2D eigenvalue weighted by atomic mass is 16.6. The van der Waals surface area contributed by atoms with E-state index < -0.39 is 17.5 Å². The van der Waals surface area contributed by atoms with E-state index in [1.807, 2.05) is 24.3 Å². The zero-order chi connectivity index (χ0) is 15.2. The van der Waals surface area contributed by atoms with Gasteiger partial charge < -0.3 is 4.74 Å². The summed E-state index contributed by atoms with van der Waals surface area (Å²) in [6.45, 7) is 9.08. The molecule has 20 heavy (non-hydrogen) atoms. The molecule has 0 aromatic heterocycles. The Kier molecular flexibility index (Phi) is 5.52. The van der Waals surface area contributed by atoms with Gasteiger partial charge in [0.2, 0.25) is 0 Å². The average molecular weight is 269 g/mol. The second-order valence-corrected chi connectivity index (χ2v) is 5.37. The first-order valence-corrected chi connectivity index (χ1v) is 6.39. The number of carbonyl (C=O) groups is 1. The van der Waals surface area contributed by atoms with E-state index in [1.165, 1.54) is 6.42 Å². The van der Waals surface area contributed by atoms with Gasteiger partial charge in [-0.2, -0.15) is 5.26 Å². The van der Waals surface area contributed by atoms with Gasteiger partial charge >= 0.3 is 5.97 Å². The molecule has 0 aliphatic rings. The van der Waals surface area contributed by atoms with Gasteiger partial charge in [-0.15, -0.1) is 0 Å². The van der Waals surface area contributed by atoms with Gasteiger partial charge in [-0.1, -0.05) is 36.9 Å². The van der Waals surface area contributed by atoms with E-state index in [0.29, 0.717) is 0 Å². The van der Waals surface area contributed by atoms with Gasteiger partial charge in [0.1, 0.15) is 5.60 Å². The maximum absolute atomic E-state index is 11.6. The highest BCUT2D eigenvalue weighted by Gasteiger charge is 2.19. The van der Waals surface area contributed by atoms with Crippen molar-refractivity contribution in [3.8, 4) is 6.07 Å². The molecule has 1 atom stereocenters. The van der Waals surface area contributed by atoms with Crippen LogP contribution in [0, 0.1) is 24.2 Å². The highest BCUT2D eigenvalue weighted by Crippen LogP contribution is 2.21. The third-order valence-electron chi connectivity index (χ3n) is 2.50. The average Bonchev–Trinajstić information content (AvgIpc) is 2.38. The lowest BCUT2D eigenvalue weighted by Crippen LogP contribution is -2.24. The third-order valence-corrected chi connectivity index (χ3v) is 2.50. The highest BCUT2D eigenvalue weighted by molar-refractivity contribution is 5.81. The molecule has 1 unspecified atom stereocenters. The number of esters is 1. The standard InChI is InChI=1S/C17H19NO2/c1-5-13-6-8-14(9-7-13)15(12-18)10-11-16(19)20-17(2,3)4/h5-11,15H,1H2,2-4H3. The first kappa shape index (κ1) is 16.0. The van der Waals surface area contributed by atoms with Crippen molar-refractivity contribution in [2.45, 2.75) is 32.3 Å². The van der Waals surface area contributed by atoms with Gasteiger partial charge in [-0.25, -0.2) is 0 Å². The van der Waals surface area contributed by atoms with Crippen LogP contribution in [-0.2, 0) is 9.53 Å². The predicted octanol–water partition coefficient (Wildman–Crippen LogP) is 3.69. The number of hydrogen-bond acceptors (Lipinski definition) is 3. The Balaban J connectivity index is 2.61. The van der Waals surface area contributed by atoms with Crippen LogP contribution in [0.2, 0.25) is 0 Å². The number of nitrogens with zero attached hydrogens (tertiary/aromatic N) is 1. The predicted molar refractivity (Wildman–Crippen MR) is 79.3 cm³/mol. The third kappa shape index (κ3) is 5.27. The van der Waals surface area contributed by atoms with Crippen molar-refractivity contribution < 1.29 is 9.53 Å². The lowest BCUT2D eigenvalue weighted by Gasteiger charge is -2.19. The summed E-state index contributed by atoms with van der Waals surface area (Å²) in [4.78, 5) is 11.6. The van der Waals surface area contributed by atoms with Crippen molar-refractivity contribution in [3.05, 3.63) is 54.8 Å². The summed E-state index contributed by atoms with van der Waals surface area (Å²) < 4.78 is 5.16. The number of nitriles is 1. The Labute approximate surface area is 120 Å². The van der Waals surface area contributed by atoms with Crippen LogP contribution in [0.4, 0.5) is 0 Å². The van der Waals surface area contributed by atoms with Crippen molar-refractivity contribution in [2.24, 2.45) is 0 Å². The molecule has 0 aliphatic heterocycles. The van der Waals surface area contributed by atoms with Gasteiger partial charge in [-0.05, 0) is 38.3 Å². The van der Waals surface area contributed by atoms with Crippen LogP contribution in [0.5, 0.6) is 0 Å². The molecule has 0 amide bonds. The Morgan fingerprint density at radius 3 is 2.40 bits per heavy atom. The molecular formula is C17H19NO2. The van der Waals surface area contributed by atoms with Gasteiger partial charge in [0.15, 0.2) is 0 Å². The number of benzene rings is 1. The number of hydrogen-bond donors (Lipinski definition) is 0. The van der Waals surface area contributed by atoms with Crippen LogP contribution in [0.3, 0.4) is 0 Å². The van der Waals surface area contributed by atoms with Crippen LogP contribution in [0.15, 0.2) is 30.8 Å². The minimum absolute atomic E-state index is 0.444. The van der Waals surface area contributed by atoms with Crippen molar-refractivity contribution in [1.29, 1.82) is 5.26 Å². The van der Waals surface area contributed by atoms with Crippen LogP contribution < -0.4 is 0 Å². The molecule has 1 rings (SSSR count). The summed E-state index contributed by atoms with van der Waals surface area (Å²) >= 11 is 0. The number of ether oxygens (including phenoxy) is 1. The number of rotatable bonds is 5. The molecule has 0 N–H and O–H groups in total. The summed E-state index contributed by atoms with van der Waals surface area (Å²) in [5, 5.41) is 9.18. The Bertz CT molecular complexity index is 503. The smallest absolute Gasteiger partial charge is 0.310 e. The monoisotopic (exact) mass is 269 g/mol. The van der Waals surface area contributed by atoms with E-state index in [0.717, 1.165) is 11.1 Å². The lowest BCUT2D eigenvalue weighted by molar-refractivity contribution is -0.150. The van der Waals surface area contributed by atoms with Crippen molar-refractivity contribution >= 4 is 12.0 Å². The zero-order valence-electron chi connectivity index (χ0n) is 12.1. The summed E-state index contributed by atoms with van der Waals surface area (Å²) in [6, 6.07) is 9.62. The summed E-state index contributed by atoms with van der Waals surface area (Å²) in [5.41, 5.74) is 1.29. The zero-order valence-corrected chi connectivity index (χ0v) is 12.1. The molecule has 104 valence electrons. The Hall–Kier alpha value is -2.08. The topological polar surface area (TPSA) is 50.1 Å². The molecule has 0 aliphatic carbocycles. The van der Waals surface area contributed by atoms with Crippen LogP contribution in [0.25, 0.3) is 6.08 Å². The quantitative estimate of drug-likeness (QED) is 0.766. The maximum Gasteiger partial charge on any atom is 0.310 e. The van der Waals surface area contributed by atoms with E-state index in [1.54, 1.807) is 33.3 Å². The summed E-state index contributed by atoms with van der Waals surface area (Å²) in [6.07, 6.45) is 4.60. The molecule has 0 bridgehead atoms. The normalized spacial score (nSPS) is 12.3. The number of carbonyl (C=O) groups excluding carboxylic acids is 1. The molecule has 0 fully saturated rings. The van der Waals surface area contributed by atoms with Crippen LogP contribution >= 0.6 is 0 Å². The van der Waals surface area contributed by atoms with E-state index in [4.69, 9.17) is 4.74 Å². The molecule has 1 aromatic rings. The SMILES string of the molecule is C=Cc1ccc(C(C#N)[CH][CH]C(=O)OC(C)(C)C)cc1. The van der Waals surface area contributed by atoms with Crippen LogP contribution in [0.1, 0.15) is 37.8 Å². The Morgan fingerprint density at radius 1 is 1.35 bits per heavy atom. The fourth-order valence-corrected chi connectivity index (χ4v) is 1.58. The summed E-state index contributed by atoms with van der Waals surface area (Å²) in [5.74, 6) is -0.915. The second kappa shape index (κ2) is 6.91. The van der Waals surface area contributed by atoms with Gasteiger partial charge in [-0.3, -0.25) is 4.79 Å². The molecule has 0 spiro atoms.